The molecule has 3 heteroatoms. The molecule has 0 bridgehead atoms. The first-order valence-corrected chi connectivity index (χ1v) is 6.30. The average Bonchev–Trinajstić information content (AvgIpc) is 2.66. The number of carbonyl (C=O) groups excluding carboxylic acids is 1. The Morgan fingerprint density at radius 2 is 1.79 bits per heavy atom. The molecule has 0 aliphatic rings. The SMILES string of the molecule is COc1cc(C(=O)c2[nH]c(C)c(C)c2C)ccc1C. The van der Waals surface area contributed by atoms with Crippen molar-refractivity contribution in [2.45, 2.75) is 27.7 Å². The number of methoxy groups -OCH3 is 1. The quantitative estimate of drug-likeness (QED) is 0.855. The molecular formula is C16H19NO2. The number of hydrogen-bond donors (Lipinski definition) is 1. The zero-order valence-corrected chi connectivity index (χ0v) is 12.0. The Labute approximate surface area is 113 Å². The maximum absolute atomic E-state index is 12.5. The number of aryl methyl sites for hydroxylation is 2. The molecule has 3 nitrogen and oxygen atoms in total. The lowest BCUT2D eigenvalue weighted by Gasteiger charge is -2.07. The Bertz CT molecular complexity index is 638. The Balaban J connectivity index is 2.47. The second-order valence-electron chi connectivity index (χ2n) is 4.89. The van der Waals surface area contributed by atoms with Crippen LogP contribution in [0.25, 0.3) is 0 Å². The minimum Gasteiger partial charge on any atom is -0.496 e. The van der Waals surface area contributed by atoms with Gasteiger partial charge in [-0.25, -0.2) is 0 Å². The van der Waals surface area contributed by atoms with E-state index in [1.54, 1.807) is 13.2 Å². The summed E-state index contributed by atoms with van der Waals surface area (Å²) in [5, 5.41) is 0. The maximum atomic E-state index is 12.5. The first-order chi connectivity index (χ1) is 8.95. The van der Waals surface area contributed by atoms with Crippen LogP contribution in [0.1, 0.15) is 38.4 Å². The van der Waals surface area contributed by atoms with E-state index < -0.39 is 0 Å². The summed E-state index contributed by atoms with van der Waals surface area (Å²) in [6, 6.07) is 5.54. The van der Waals surface area contributed by atoms with E-state index in [9.17, 15) is 4.79 Å². The van der Waals surface area contributed by atoms with Crippen LogP contribution in [0.15, 0.2) is 18.2 Å². The molecule has 1 aromatic carbocycles. The molecule has 1 heterocycles. The third-order valence-corrected chi connectivity index (χ3v) is 3.71. The summed E-state index contributed by atoms with van der Waals surface area (Å²) in [5.74, 6) is 0.746. The molecule has 1 N–H and O–H groups in total. The van der Waals surface area contributed by atoms with Crippen LogP contribution in [0.5, 0.6) is 5.75 Å². The highest BCUT2D eigenvalue weighted by molar-refractivity contribution is 6.09. The number of hydrogen-bond acceptors (Lipinski definition) is 2. The summed E-state index contributed by atoms with van der Waals surface area (Å²) in [6.07, 6.45) is 0. The summed E-state index contributed by atoms with van der Waals surface area (Å²) >= 11 is 0. The Kier molecular flexibility index (Phi) is 3.47. The van der Waals surface area contributed by atoms with Gasteiger partial charge in [0.25, 0.3) is 0 Å². The van der Waals surface area contributed by atoms with Gasteiger partial charge in [-0.05, 0) is 50.5 Å². The van der Waals surface area contributed by atoms with Gasteiger partial charge in [-0.3, -0.25) is 4.79 Å². The van der Waals surface area contributed by atoms with Gasteiger partial charge in [-0.2, -0.15) is 0 Å². The Morgan fingerprint density at radius 1 is 1.11 bits per heavy atom. The van der Waals surface area contributed by atoms with Crippen molar-refractivity contribution < 1.29 is 9.53 Å². The van der Waals surface area contributed by atoms with Crippen molar-refractivity contribution in [1.82, 2.24) is 4.98 Å². The van der Waals surface area contributed by atoms with Crippen LogP contribution in [0.4, 0.5) is 0 Å². The van der Waals surface area contributed by atoms with Crippen LogP contribution in [-0.4, -0.2) is 17.9 Å². The zero-order chi connectivity index (χ0) is 14.2. The number of aromatic amines is 1. The number of H-pyrrole nitrogens is 1. The fraction of sp³-hybridized carbons (Fsp3) is 0.312. The molecule has 1 aromatic heterocycles. The van der Waals surface area contributed by atoms with Crippen molar-refractivity contribution >= 4 is 5.78 Å². The van der Waals surface area contributed by atoms with Crippen molar-refractivity contribution in [3.8, 4) is 5.75 Å². The van der Waals surface area contributed by atoms with Gasteiger partial charge in [0, 0.05) is 11.3 Å². The standard InChI is InChI=1S/C16H19NO2/c1-9-6-7-13(8-14(9)19-5)16(18)15-11(3)10(2)12(4)17-15/h6-8,17H,1-5H3. The van der Waals surface area contributed by atoms with Crippen LogP contribution in [-0.2, 0) is 0 Å². The first kappa shape index (κ1) is 13.4. The van der Waals surface area contributed by atoms with Gasteiger partial charge in [0.05, 0.1) is 12.8 Å². The highest BCUT2D eigenvalue weighted by Crippen LogP contribution is 2.23. The summed E-state index contributed by atoms with van der Waals surface area (Å²) in [4.78, 5) is 15.7. The molecule has 100 valence electrons. The van der Waals surface area contributed by atoms with Gasteiger partial charge >= 0.3 is 0 Å². The van der Waals surface area contributed by atoms with Crippen molar-refractivity contribution in [3.63, 3.8) is 0 Å². The van der Waals surface area contributed by atoms with Crippen molar-refractivity contribution in [3.05, 3.63) is 51.8 Å². The van der Waals surface area contributed by atoms with E-state index in [4.69, 9.17) is 4.74 Å². The van der Waals surface area contributed by atoms with Crippen molar-refractivity contribution in [2.75, 3.05) is 7.11 Å². The molecule has 0 saturated heterocycles. The molecule has 0 saturated carbocycles. The van der Waals surface area contributed by atoms with Gasteiger partial charge in [0.1, 0.15) is 5.75 Å². The van der Waals surface area contributed by atoms with Crippen molar-refractivity contribution in [2.24, 2.45) is 0 Å². The molecule has 0 aliphatic heterocycles. The smallest absolute Gasteiger partial charge is 0.209 e. The lowest BCUT2D eigenvalue weighted by Crippen LogP contribution is -2.04. The second kappa shape index (κ2) is 4.92. The molecule has 0 unspecified atom stereocenters. The van der Waals surface area contributed by atoms with E-state index in [1.165, 1.54) is 0 Å². The molecule has 0 amide bonds. The molecule has 0 spiro atoms. The lowest BCUT2D eigenvalue weighted by molar-refractivity contribution is 0.103. The monoisotopic (exact) mass is 257 g/mol. The fourth-order valence-corrected chi connectivity index (χ4v) is 2.18. The predicted molar refractivity (Wildman–Crippen MR) is 76.2 cm³/mol. The third-order valence-electron chi connectivity index (χ3n) is 3.71. The van der Waals surface area contributed by atoms with Gasteiger partial charge < -0.3 is 9.72 Å². The summed E-state index contributed by atoms with van der Waals surface area (Å²) in [7, 11) is 1.62. The average molecular weight is 257 g/mol. The zero-order valence-electron chi connectivity index (χ0n) is 12.0. The molecule has 0 radical (unpaired) electrons. The number of aromatic nitrogens is 1. The van der Waals surface area contributed by atoms with Crippen LogP contribution in [0, 0.1) is 27.7 Å². The molecular weight excluding hydrogens is 238 g/mol. The lowest BCUT2D eigenvalue weighted by atomic mass is 10.0. The van der Waals surface area contributed by atoms with Gasteiger partial charge in [0.15, 0.2) is 0 Å². The van der Waals surface area contributed by atoms with E-state index in [-0.39, 0.29) is 5.78 Å². The van der Waals surface area contributed by atoms with Crippen LogP contribution >= 0.6 is 0 Å². The minimum absolute atomic E-state index is 0.00648. The number of carbonyl (C=O) groups is 1. The number of benzene rings is 1. The predicted octanol–water partition coefficient (Wildman–Crippen LogP) is 3.49. The van der Waals surface area contributed by atoms with E-state index in [0.717, 1.165) is 28.1 Å². The van der Waals surface area contributed by atoms with Crippen molar-refractivity contribution in [1.29, 1.82) is 0 Å². The van der Waals surface area contributed by atoms with Crippen LogP contribution < -0.4 is 4.74 Å². The number of nitrogens with one attached hydrogen (secondary N) is 1. The van der Waals surface area contributed by atoms with Gasteiger partial charge in [-0.1, -0.05) is 12.1 Å². The maximum Gasteiger partial charge on any atom is 0.209 e. The number of rotatable bonds is 3. The van der Waals surface area contributed by atoms with E-state index in [0.29, 0.717) is 11.3 Å². The highest BCUT2D eigenvalue weighted by atomic mass is 16.5. The second-order valence-corrected chi connectivity index (χ2v) is 4.89. The van der Waals surface area contributed by atoms with E-state index in [1.807, 2.05) is 39.8 Å². The summed E-state index contributed by atoms with van der Waals surface area (Å²) in [5.41, 5.74) is 5.53. The molecule has 0 fully saturated rings. The molecule has 2 aromatic rings. The minimum atomic E-state index is 0.00648. The largest absolute Gasteiger partial charge is 0.496 e. The Hall–Kier alpha value is -2.03. The molecule has 0 aliphatic carbocycles. The first-order valence-electron chi connectivity index (χ1n) is 6.30. The summed E-state index contributed by atoms with van der Waals surface area (Å²) in [6.45, 7) is 7.93. The molecule has 19 heavy (non-hydrogen) atoms. The number of ketones is 1. The number of ether oxygens (including phenoxy) is 1. The highest BCUT2D eigenvalue weighted by Gasteiger charge is 2.17. The van der Waals surface area contributed by atoms with Crippen LogP contribution in [0.2, 0.25) is 0 Å². The fourth-order valence-electron chi connectivity index (χ4n) is 2.18. The third kappa shape index (κ3) is 2.28. The van der Waals surface area contributed by atoms with Gasteiger partial charge in [-0.15, -0.1) is 0 Å². The normalized spacial score (nSPS) is 10.6. The molecule has 2 rings (SSSR count). The van der Waals surface area contributed by atoms with Crippen LogP contribution in [0.3, 0.4) is 0 Å². The summed E-state index contributed by atoms with van der Waals surface area (Å²) < 4.78 is 5.27. The topological polar surface area (TPSA) is 42.1 Å². The van der Waals surface area contributed by atoms with Gasteiger partial charge in [0.2, 0.25) is 5.78 Å². The molecule has 0 atom stereocenters. The van der Waals surface area contributed by atoms with E-state index in [2.05, 4.69) is 4.98 Å². The Morgan fingerprint density at radius 3 is 2.32 bits per heavy atom. The van der Waals surface area contributed by atoms with E-state index >= 15 is 0 Å².